The maximum Gasteiger partial charge on any atom is 0.269 e. The van der Waals surface area contributed by atoms with Gasteiger partial charge in [-0.05, 0) is 64.9 Å². The van der Waals surface area contributed by atoms with Gasteiger partial charge in [-0.1, -0.05) is 18.2 Å². The molecule has 0 bridgehead atoms. The summed E-state index contributed by atoms with van der Waals surface area (Å²) in [6.07, 6.45) is 0. The highest BCUT2D eigenvalue weighted by molar-refractivity contribution is 9.10. The first-order valence-electron chi connectivity index (χ1n) is 7.23. The highest BCUT2D eigenvalue weighted by atomic mass is 79.9. The van der Waals surface area contributed by atoms with Crippen molar-refractivity contribution in [2.24, 2.45) is 0 Å². The SMILES string of the molecule is COc1ccc(C(=O)NC(=S)NNC(=O)c2ccccc2C)cc1Br. The van der Waals surface area contributed by atoms with Gasteiger partial charge in [-0.15, -0.1) is 0 Å². The molecule has 25 heavy (non-hydrogen) atoms. The van der Waals surface area contributed by atoms with Crippen molar-refractivity contribution in [1.29, 1.82) is 0 Å². The number of hydrogen-bond donors (Lipinski definition) is 3. The van der Waals surface area contributed by atoms with Crippen molar-refractivity contribution in [3.8, 4) is 5.75 Å². The summed E-state index contributed by atoms with van der Waals surface area (Å²) in [6, 6.07) is 12.0. The van der Waals surface area contributed by atoms with E-state index in [0.717, 1.165) is 5.56 Å². The quantitative estimate of drug-likeness (QED) is 0.524. The molecule has 0 aliphatic heterocycles. The third-order valence-electron chi connectivity index (χ3n) is 3.32. The lowest BCUT2D eigenvalue weighted by molar-refractivity contribution is 0.0934. The van der Waals surface area contributed by atoms with Crippen LogP contribution in [0.15, 0.2) is 46.9 Å². The molecule has 0 saturated heterocycles. The second-order valence-corrected chi connectivity index (χ2v) is 6.29. The van der Waals surface area contributed by atoms with Crippen molar-refractivity contribution in [2.45, 2.75) is 6.92 Å². The lowest BCUT2D eigenvalue weighted by Gasteiger charge is -2.12. The van der Waals surface area contributed by atoms with E-state index >= 15 is 0 Å². The molecule has 0 saturated carbocycles. The van der Waals surface area contributed by atoms with E-state index in [9.17, 15) is 9.59 Å². The monoisotopic (exact) mass is 421 g/mol. The van der Waals surface area contributed by atoms with Gasteiger partial charge >= 0.3 is 0 Å². The number of methoxy groups -OCH3 is 1. The molecule has 0 aromatic heterocycles. The molecule has 0 fully saturated rings. The topological polar surface area (TPSA) is 79.5 Å². The van der Waals surface area contributed by atoms with Crippen LogP contribution in [0.1, 0.15) is 26.3 Å². The number of ether oxygens (including phenoxy) is 1. The Kier molecular flexibility index (Phi) is 6.49. The number of benzene rings is 2. The average molecular weight is 422 g/mol. The molecule has 2 rings (SSSR count). The molecular weight excluding hydrogens is 406 g/mol. The molecule has 0 spiro atoms. The van der Waals surface area contributed by atoms with Crippen LogP contribution in [-0.2, 0) is 0 Å². The molecule has 2 amide bonds. The van der Waals surface area contributed by atoms with Crippen LogP contribution in [0.5, 0.6) is 5.75 Å². The lowest BCUT2D eigenvalue weighted by Crippen LogP contribution is -2.48. The standard InChI is InChI=1S/C17H16BrN3O3S/c1-10-5-3-4-6-12(10)16(23)20-21-17(25)19-15(22)11-7-8-14(24-2)13(18)9-11/h3-9H,1-2H3,(H,20,23)(H2,19,21,22,25). The van der Waals surface area contributed by atoms with Crippen molar-refractivity contribution >= 4 is 45.1 Å². The molecular formula is C17H16BrN3O3S. The first kappa shape index (κ1) is 18.9. The van der Waals surface area contributed by atoms with Crippen LogP contribution in [-0.4, -0.2) is 24.0 Å². The Labute approximate surface area is 159 Å². The van der Waals surface area contributed by atoms with E-state index in [1.807, 2.05) is 19.1 Å². The van der Waals surface area contributed by atoms with E-state index in [-0.39, 0.29) is 11.0 Å². The van der Waals surface area contributed by atoms with Crippen molar-refractivity contribution < 1.29 is 14.3 Å². The summed E-state index contributed by atoms with van der Waals surface area (Å²) in [5.41, 5.74) is 6.70. The molecule has 0 aliphatic rings. The fraction of sp³-hybridized carbons (Fsp3) is 0.118. The Morgan fingerprint density at radius 3 is 2.44 bits per heavy atom. The van der Waals surface area contributed by atoms with Crippen LogP contribution in [0.3, 0.4) is 0 Å². The maximum atomic E-state index is 12.2. The predicted molar refractivity (Wildman–Crippen MR) is 103 cm³/mol. The van der Waals surface area contributed by atoms with Gasteiger partial charge in [0.05, 0.1) is 11.6 Å². The molecule has 0 heterocycles. The van der Waals surface area contributed by atoms with Crippen LogP contribution in [0.25, 0.3) is 0 Å². The van der Waals surface area contributed by atoms with E-state index < -0.39 is 5.91 Å². The summed E-state index contributed by atoms with van der Waals surface area (Å²) >= 11 is 8.33. The third-order valence-corrected chi connectivity index (χ3v) is 4.14. The van der Waals surface area contributed by atoms with Gasteiger partial charge in [-0.25, -0.2) is 0 Å². The van der Waals surface area contributed by atoms with Gasteiger partial charge in [0, 0.05) is 11.1 Å². The Morgan fingerprint density at radius 1 is 1.08 bits per heavy atom. The van der Waals surface area contributed by atoms with Crippen LogP contribution in [0, 0.1) is 6.92 Å². The summed E-state index contributed by atoms with van der Waals surface area (Å²) in [5, 5.41) is 2.47. The minimum absolute atomic E-state index is 0.0149. The van der Waals surface area contributed by atoms with E-state index in [2.05, 4.69) is 32.1 Å². The summed E-state index contributed by atoms with van der Waals surface area (Å²) in [7, 11) is 1.54. The second-order valence-electron chi connectivity index (χ2n) is 5.03. The molecule has 8 heteroatoms. The first-order chi connectivity index (χ1) is 11.9. The Morgan fingerprint density at radius 2 is 1.80 bits per heavy atom. The Bertz CT molecular complexity index is 827. The normalized spacial score (nSPS) is 9.88. The zero-order valence-electron chi connectivity index (χ0n) is 13.6. The number of hydrogen-bond acceptors (Lipinski definition) is 4. The molecule has 2 aromatic carbocycles. The van der Waals surface area contributed by atoms with E-state index in [1.54, 1.807) is 30.3 Å². The van der Waals surface area contributed by atoms with E-state index in [4.69, 9.17) is 17.0 Å². The van der Waals surface area contributed by atoms with Gasteiger partial charge < -0.3 is 4.74 Å². The van der Waals surface area contributed by atoms with Gasteiger partial charge in [0.25, 0.3) is 11.8 Å². The van der Waals surface area contributed by atoms with Gasteiger partial charge in [-0.3, -0.25) is 25.8 Å². The molecule has 6 nitrogen and oxygen atoms in total. The molecule has 0 radical (unpaired) electrons. The fourth-order valence-electron chi connectivity index (χ4n) is 2.02. The highest BCUT2D eigenvalue weighted by Gasteiger charge is 2.12. The summed E-state index contributed by atoms with van der Waals surface area (Å²) in [6.45, 7) is 1.83. The molecule has 0 atom stereocenters. The summed E-state index contributed by atoms with van der Waals surface area (Å²) in [4.78, 5) is 24.2. The Balaban J connectivity index is 1.92. The number of carbonyl (C=O) groups excluding carboxylic acids is 2. The third kappa shape index (κ3) is 5.01. The number of carbonyl (C=O) groups is 2. The van der Waals surface area contributed by atoms with E-state index in [1.165, 1.54) is 7.11 Å². The average Bonchev–Trinajstić information content (AvgIpc) is 2.60. The minimum Gasteiger partial charge on any atom is -0.496 e. The van der Waals surface area contributed by atoms with Crippen molar-refractivity contribution in [3.05, 3.63) is 63.6 Å². The van der Waals surface area contributed by atoms with Crippen molar-refractivity contribution in [2.75, 3.05) is 7.11 Å². The van der Waals surface area contributed by atoms with Gasteiger partial charge in [0.15, 0.2) is 5.11 Å². The lowest BCUT2D eigenvalue weighted by atomic mass is 10.1. The Hall–Kier alpha value is -2.45. The van der Waals surface area contributed by atoms with Crippen LogP contribution < -0.4 is 20.9 Å². The minimum atomic E-state index is -0.411. The largest absolute Gasteiger partial charge is 0.496 e. The predicted octanol–water partition coefficient (Wildman–Crippen LogP) is 2.72. The number of amides is 2. The first-order valence-corrected chi connectivity index (χ1v) is 8.43. The maximum absolute atomic E-state index is 12.2. The highest BCUT2D eigenvalue weighted by Crippen LogP contribution is 2.25. The van der Waals surface area contributed by atoms with Crippen molar-refractivity contribution in [1.82, 2.24) is 16.2 Å². The zero-order valence-corrected chi connectivity index (χ0v) is 16.0. The van der Waals surface area contributed by atoms with Crippen LogP contribution in [0.2, 0.25) is 0 Å². The van der Waals surface area contributed by atoms with Gasteiger partial charge in [0.2, 0.25) is 0 Å². The zero-order chi connectivity index (χ0) is 18.4. The molecule has 0 aliphatic carbocycles. The fourth-order valence-corrected chi connectivity index (χ4v) is 2.71. The van der Waals surface area contributed by atoms with Crippen LogP contribution in [0.4, 0.5) is 0 Å². The molecule has 2 aromatic rings. The smallest absolute Gasteiger partial charge is 0.269 e. The molecule has 3 N–H and O–H groups in total. The van der Waals surface area contributed by atoms with E-state index in [0.29, 0.717) is 21.3 Å². The summed E-state index contributed by atoms with van der Waals surface area (Å²) in [5.74, 6) is -0.143. The second kappa shape index (κ2) is 8.59. The number of aryl methyl sites for hydroxylation is 1. The van der Waals surface area contributed by atoms with Crippen molar-refractivity contribution in [3.63, 3.8) is 0 Å². The number of halogens is 1. The molecule has 130 valence electrons. The number of hydrazine groups is 1. The number of rotatable bonds is 3. The molecule has 0 unspecified atom stereocenters. The van der Waals surface area contributed by atoms with Gasteiger partial charge in [0.1, 0.15) is 5.75 Å². The van der Waals surface area contributed by atoms with Crippen LogP contribution >= 0.6 is 28.1 Å². The number of thiocarbonyl (C=S) groups is 1. The summed E-state index contributed by atoms with van der Waals surface area (Å²) < 4.78 is 5.76. The number of nitrogens with one attached hydrogen (secondary N) is 3. The van der Waals surface area contributed by atoms with Gasteiger partial charge in [-0.2, -0.15) is 0 Å².